The van der Waals surface area contributed by atoms with Crippen LogP contribution in [-0.2, 0) is 14.4 Å². The number of carboxylic acids is 1. The van der Waals surface area contributed by atoms with E-state index in [1.165, 1.54) is 23.6 Å². The first-order valence-corrected chi connectivity index (χ1v) is 8.07. The number of amides is 2. The van der Waals surface area contributed by atoms with Crippen LogP contribution in [0.15, 0.2) is 42.5 Å². The van der Waals surface area contributed by atoms with Crippen LogP contribution in [0.25, 0.3) is 0 Å². The Kier molecular flexibility index (Phi) is 3.89. The largest absolute Gasteiger partial charge is 0.479 e. The fraction of sp³-hybridized carbons (Fsp3) is 0.312. The number of rotatable bonds is 3. The predicted molar refractivity (Wildman–Crippen MR) is 85.6 cm³/mol. The number of carbonyl (C=O) groups excluding carboxylic acids is 2. The summed E-state index contributed by atoms with van der Waals surface area (Å²) in [7, 11) is 0. The molecule has 1 aromatic carbocycles. The summed E-state index contributed by atoms with van der Waals surface area (Å²) in [5, 5.41) is 11.3. The second-order valence-corrected chi connectivity index (χ2v) is 6.78. The first kappa shape index (κ1) is 15.6. The van der Waals surface area contributed by atoms with Gasteiger partial charge in [-0.15, -0.1) is 11.8 Å². The van der Waals surface area contributed by atoms with E-state index in [2.05, 4.69) is 11.9 Å². The molecule has 2 N–H and O–H groups in total. The van der Waals surface area contributed by atoms with Gasteiger partial charge in [-0.2, -0.15) is 0 Å². The Labute approximate surface area is 137 Å². The van der Waals surface area contributed by atoms with E-state index in [0.717, 1.165) is 5.56 Å². The molecule has 2 saturated heterocycles. The standard InChI is InChI=1S/C16H16N2O4S/c1-8-12(16(21)22)18-14(20)11(10-6-4-3-5-7-10)15(18)23-13(8)17-9(2)19/h3-7,11-13,15H,1H2,2H3,(H,17,19)(H,21,22)/t11-,12?,13?,15-/m1/s1. The fourth-order valence-corrected chi connectivity index (χ4v) is 4.61. The monoisotopic (exact) mass is 332 g/mol. The van der Waals surface area contributed by atoms with Crippen LogP contribution in [-0.4, -0.2) is 44.6 Å². The van der Waals surface area contributed by atoms with Crippen LogP contribution >= 0.6 is 11.8 Å². The smallest absolute Gasteiger partial charge is 0.330 e. The van der Waals surface area contributed by atoms with Crippen LogP contribution in [0.5, 0.6) is 0 Å². The molecule has 23 heavy (non-hydrogen) atoms. The summed E-state index contributed by atoms with van der Waals surface area (Å²) >= 11 is 1.36. The fourth-order valence-electron chi connectivity index (χ4n) is 3.01. The zero-order valence-electron chi connectivity index (χ0n) is 12.4. The average molecular weight is 332 g/mol. The average Bonchev–Trinajstić information content (AvgIpc) is 2.50. The highest BCUT2D eigenvalue weighted by Gasteiger charge is 2.58. The Morgan fingerprint density at radius 3 is 2.52 bits per heavy atom. The highest BCUT2D eigenvalue weighted by molar-refractivity contribution is 8.00. The number of nitrogens with one attached hydrogen (secondary N) is 1. The minimum absolute atomic E-state index is 0.219. The van der Waals surface area contributed by atoms with Crippen molar-refractivity contribution < 1.29 is 19.5 Å². The molecule has 0 spiro atoms. The number of aliphatic carboxylic acids is 1. The number of carbonyl (C=O) groups is 3. The molecule has 2 aliphatic heterocycles. The number of fused-ring (bicyclic) bond motifs is 1. The van der Waals surface area contributed by atoms with E-state index in [9.17, 15) is 19.5 Å². The van der Waals surface area contributed by atoms with Crippen molar-refractivity contribution in [2.75, 3.05) is 0 Å². The number of benzene rings is 1. The second-order valence-electron chi connectivity index (χ2n) is 5.56. The summed E-state index contributed by atoms with van der Waals surface area (Å²) in [5.41, 5.74) is 1.17. The molecule has 2 unspecified atom stereocenters. The second kappa shape index (κ2) is 5.73. The van der Waals surface area contributed by atoms with E-state index in [-0.39, 0.29) is 17.2 Å². The van der Waals surface area contributed by atoms with E-state index in [0.29, 0.717) is 5.57 Å². The molecule has 0 aromatic heterocycles. The van der Waals surface area contributed by atoms with Crippen molar-refractivity contribution in [2.45, 2.75) is 29.6 Å². The van der Waals surface area contributed by atoms with Gasteiger partial charge in [0.25, 0.3) is 0 Å². The normalized spacial score (nSPS) is 29.5. The topological polar surface area (TPSA) is 86.7 Å². The van der Waals surface area contributed by atoms with Crippen LogP contribution < -0.4 is 5.32 Å². The van der Waals surface area contributed by atoms with Gasteiger partial charge in [-0.05, 0) is 11.1 Å². The van der Waals surface area contributed by atoms with Crippen molar-refractivity contribution in [1.82, 2.24) is 10.2 Å². The summed E-state index contributed by atoms with van der Waals surface area (Å²) < 4.78 is 0. The molecule has 3 rings (SSSR count). The summed E-state index contributed by atoms with van der Waals surface area (Å²) in [5.74, 6) is -2.01. The first-order chi connectivity index (χ1) is 10.9. The molecular formula is C16H16N2O4S. The van der Waals surface area contributed by atoms with E-state index < -0.39 is 23.3 Å². The van der Waals surface area contributed by atoms with Gasteiger partial charge in [0.2, 0.25) is 11.8 Å². The van der Waals surface area contributed by atoms with Crippen LogP contribution in [0.3, 0.4) is 0 Å². The molecule has 120 valence electrons. The molecule has 2 heterocycles. The quantitative estimate of drug-likeness (QED) is 0.641. The molecule has 0 radical (unpaired) electrons. The van der Waals surface area contributed by atoms with Gasteiger partial charge >= 0.3 is 5.97 Å². The van der Waals surface area contributed by atoms with Crippen molar-refractivity contribution in [2.24, 2.45) is 0 Å². The van der Waals surface area contributed by atoms with E-state index in [1.54, 1.807) is 0 Å². The highest BCUT2D eigenvalue weighted by Crippen LogP contribution is 2.50. The molecule has 7 heteroatoms. The minimum Gasteiger partial charge on any atom is -0.479 e. The Bertz CT molecular complexity index is 691. The third-order valence-electron chi connectivity index (χ3n) is 4.05. The van der Waals surface area contributed by atoms with Gasteiger partial charge in [-0.1, -0.05) is 36.9 Å². The summed E-state index contributed by atoms with van der Waals surface area (Å²) in [6, 6.07) is 8.15. The molecule has 2 aliphatic rings. The van der Waals surface area contributed by atoms with Gasteiger partial charge < -0.3 is 15.3 Å². The molecule has 6 nitrogen and oxygen atoms in total. The summed E-state index contributed by atoms with van der Waals surface area (Å²) in [6.07, 6.45) is 0. The highest BCUT2D eigenvalue weighted by atomic mass is 32.2. The number of carboxylic acid groups (broad SMARTS) is 1. The number of thioether (sulfide) groups is 1. The Balaban J connectivity index is 1.93. The zero-order valence-corrected chi connectivity index (χ0v) is 13.2. The lowest BCUT2D eigenvalue weighted by atomic mass is 9.86. The van der Waals surface area contributed by atoms with Crippen LogP contribution in [0.4, 0.5) is 0 Å². The molecule has 4 atom stereocenters. The maximum atomic E-state index is 12.5. The summed E-state index contributed by atoms with van der Waals surface area (Å²) in [4.78, 5) is 36.8. The molecule has 2 fully saturated rings. The maximum Gasteiger partial charge on any atom is 0.330 e. The third kappa shape index (κ3) is 2.50. The Morgan fingerprint density at radius 2 is 1.96 bits per heavy atom. The maximum absolute atomic E-state index is 12.5. The van der Waals surface area contributed by atoms with Crippen LogP contribution in [0.1, 0.15) is 18.4 Å². The SMILES string of the molecule is C=C1C(NC(C)=O)S[C@@H]2[C@H](c3ccccc3)C(=O)N2C1C(=O)O. The number of hydrogen-bond acceptors (Lipinski definition) is 4. The number of hydrogen-bond donors (Lipinski definition) is 2. The van der Waals surface area contributed by atoms with E-state index in [1.807, 2.05) is 30.3 Å². The minimum atomic E-state index is -1.13. The van der Waals surface area contributed by atoms with Crippen molar-refractivity contribution in [3.63, 3.8) is 0 Å². The number of nitrogens with zero attached hydrogens (tertiary/aromatic N) is 1. The lowest BCUT2D eigenvalue weighted by Crippen LogP contribution is -2.68. The van der Waals surface area contributed by atoms with Crippen molar-refractivity contribution in [1.29, 1.82) is 0 Å². The third-order valence-corrected chi connectivity index (χ3v) is 5.52. The predicted octanol–water partition coefficient (Wildman–Crippen LogP) is 1.16. The lowest BCUT2D eigenvalue weighted by molar-refractivity contribution is -0.158. The molecule has 0 bridgehead atoms. The van der Waals surface area contributed by atoms with E-state index in [4.69, 9.17) is 0 Å². The van der Waals surface area contributed by atoms with Crippen LogP contribution in [0, 0.1) is 0 Å². The van der Waals surface area contributed by atoms with Gasteiger partial charge in [0.1, 0.15) is 5.37 Å². The zero-order chi connectivity index (χ0) is 16.7. The van der Waals surface area contributed by atoms with Crippen molar-refractivity contribution in [3.8, 4) is 0 Å². The van der Waals surface area contributed by atoms with Gasteiger partial charge in [0.15, 0.2) is 6.04 Å². The first-order valence-electron chi connectivity index (χ1n) is 7.13. The molecule has 0 aliphatic carbocycles. The van der Waals surface area contributed by atoms with Crippen LogP contribution in [0.2, 0.25) is 0 Å². The number of β-lactam (4-membered cyclic amide) rings is 1. The molecule has 1 aromatic rings. The van der Waals surface area contributed by atoms with Gasteiger partial charge in [0, 0.05) is 6.92 Å². The molecule has 0 saturated carbocycles. The Morgan fingerprint density at radius 1 is 1.30 bits per heavy atom. The lowest BCUT2D eigenvalue weighted by Gasteiger charge is -2.54. The van der Waals surface area contributed by atoms with Crippen molar-refractivity contribution >= 4 is 29.5 Å². The van der Waals surface area contributed by atoms with Crippen molar-refractivity contribution in [3.05, 3.63) is 48.0 Å². The van der Waals surface area contributed by atoms with Gasteiger partial charge in [-0.25, -0.2) is 4.79 Å². The van der Waals surface area contributed by atoms with E-state index >= 15 is 0 Å². The molecule has 2 amide bonds. The summed E-state index contributed by atoms with van der Waals surface area (Å²) in [6.45, 7) is 5.16. The molecular weight excluding hydrogens is 316 g/mol. The Hall–Kier alpha value is -2.28. The van der Waals surface area contributed by atoms with Gasteiger partial charge in [-0.3, -0.25) is 9.59 Å². The van der Waals surface area contributed by atoms with Gasteiger partial charge in [0.05, 0.1) is 11.3 Å².